The van der Waals surface area contributed by atoms with Crippen LogP contribution in [0.2, 0.25) is 0 Å². The summed E-state index contributed by atoms with van der Waals surface area (Å²) in [5.41, 5.74) is 4.32. The average molecular weight is 334 g/mol. The molecule has 2 aromatic heterocycles. The molecule has 2 aromatic carbocycles. The summed E-state index contributed by atoms with van der Waals surface area (Å²) >= 11 is 1.41. The molecule has 0 saturated carbocycles. The number of rotatable bonds is 3. The molecule has 2 heterocycles. The number of aryl methyl sites for hydroxylation is 1. The van der Waals surface area contributed by atoms with Gasteiger partial charge in [-0.05, 0) is 48.7 Å². The first-order valence-corrected chi connectivity index (χ1v) is 8.36. The van der Waals surface area contributed by atoms with Crippen molar-refractivity contribution in [2.45, 2.75) is 6.92 Å². The van der Waals surface area contributed by atoms with Crippen molar-refractivity contribution in [3.63, 3.8) is 0 Å². The number of nitrogens with zero attached hydrogens (tertiary/aromatic N) is 3. The van der Waals surface area contributed by atoms with Crippen LogP contribution in [0, 0.1) is 6.92 Å². The molecule has 0 aliphatic rings. The van der Waals surface area contributed by atoms with Crippen molar-refractivity contribution in [3.8, 4) is 5.69 Å². The molecule has 0 unspecified atom stereocenters. The minimum atomic E-state index is -0.115. The second-order valence-electron chi connectivity index (χ2n) is 5.46. The highest BCUT2D eigenvalue weighted by Crippen LogP contribution is 2.19. The first-order valence-electron chi connectivity index (χ1n) is 7.48. The van der Waals surface area contributed by atoms with Crippen molar-refractivity contribution < 1.29 is 4.79 Å². The normalized spacial score (nSPS) is 10.9. The molecule has 0 atom stereocenters. The van der Waals surface area contributed by atoms with Gasteiger partial charge in [0.1, 0.15) is 11.0 Å². The van der Waals surface area contributed by atoms with E-state index in [0.717, 1.165) is 16.7 Å². The maximum absolute atomic E-state index is 12.1. The van der Waals surface area contributed by atoms with Crippen LogP contribution in [0.1, 0.15) is 15.2 Å². The number of carbonyl (C=O) groups excluding carboxylic acids is 1. The number of nitrogens with one attached hydrogen (secondary N) is 1. The fourth-order valence-electron chi connectivity index (χ4n) is 2.39. The quantitative estimate of drug-likeness (QED) is 0.615. The highest BCUT2D eigenvalue weighted by atomic mass is 32.1. The third-order valence-corrected chi connectivity index (χ3v) is 4.52. The lowest BCUT2D eigenvalue weighted by molar-refractivity contribution is 0.103. The van der Waals surface area contributed by atoms with Gasteiger partial charge in [0.2, 0.25) is 0 Å². The smallest absolute Gasteiger partial charge is 0.265 e. The average Bonchev–Trinajstić information content (AvgIpc) is 3.24. The minimum absolute atomic E-state index is 0.115. The molecule has 5 nitrogen and oxygen atoms in total. The first-order chi connectivity index (χ1) is 11.7. The first kappa shape index (κ1) is 14.6. The number of anilines is 1. The molecule has 4 rings (SSSR count). The summed E-state index contributed by atoms with van der Waals surface area (Å²) in [6, 6.07) is 17.2. The van der Waals surface area contributed by atoms with E-state index in [1.807, 2.05) is 60.8 Å². The standard InChI is InChI=1S/C18H14N4OS/c1-12-4-7-14(8-5-12)22-20-15-9-6-13(11-16(15)21-22)19-18(23)17-3-2-10-24-17/h2-11H,1H3,(H,19,23). The number of thiophene rings is 1. The van der Waals surface area contributed by atoms with Crippen molar-refractivity contribution in [1.29, 1.82) is 0 Å². The van der Waals surface area contributed by atoms with E-state index in [0.29, 0.717) is 10.6 Å². The van der Waals surface area contributed by atoms with Gasteiger partial charge in [0, 0.05) is 5.69 Å². The van der Waals surface area contributed by atoms with Gasteiger partial charge < -0.3 is 5.32 Å². The minimum Gasteiger partial charge on any atom is -0.321 e. The molecule has 1 N–H and O–H groups in total. The van der Waals surface area contributed by atoms with E-state index in [9.17, 15) is 4.79 Å². The Labute approximate surface area is 142 Å². The van der Waals surface area contributed by atoms with Gasteiger partial charge in [-0.25, -0.2) is 0 Å². The largest absolute Gasteiger partial charge is 0.321 e. The molecule has 118 valence electrons. The molecule has 6 heteroatoms. The van der Waals surface area contributed by atoms with Crippen LogP contribution in [0.25, 0.3) is 16.7 Å². The fraction of sp³-hybridized carbons (Fsp3) is 0.0556. The number of fused-ring (bicyclic) bond motifs is 1. The fourth-order valence-corrected chi connectivity index (χ4v) is 3.01. The Hall–Kier alpha value is -2.99. The van der Waals surface area contributed by atoms with Gasteiger partial charge in [0.15, 0.2) is 0 Å². The van der Waals surface area contributed by atoms with Crippen molar-refractivity contribution in [3.05, 3.63) is 70.4 Å². The van der Waals surface area contributed by atoms with Gasteiger partial charge in [0.05, 0.1) is 10.6 Å². The Morgan fingerprint density at radius 1 is 1.04 bits per heavy atom. The molecule has 24 heavy (non-hydrogen) atoms. The van der Waals surface area contributed by atoms with E-state index in [1.165, 1.54) is 16.9 Å². The predicted octanol–water partition coefficient (Wildman–Crippen LogP) is 4.04. The van der Waals surface area contributed by atoms with Crippen LogP contribution in [0.5, 0.6) is 0 Å². The number of carbonyl (C=O) groups is 1. The second-order valence-corrected chi connectivity index (χ2v) is 6.41. The Bertz CT molecular complexity index is 1000. The monoisotopic (exact) mass is 334 g/mol. The molecule has 4 aromatic rings. The van der Waals surface area contributed by atoms with E-state index in [2.05, 4.69) is 15.5 Å². The zero-order chi connectivity index (χ0) is 16.5. The van der Waals surface area contributed by atoms with Crippen molar-refractivity contribution in [2.75, 3.05) is 5.32 Å². The van der Waals surface area contributed by atoms with Gasteiger partial charge >= 0.3 is 0 Å². The van der Waals surface area contributed by atoms with Crippen LogP contribution < -0.4 is 5.32 Å². The van der Waals surface area contributed by atoms with Crippen LogP contribution >= 0.6 is 11.3 Å². The van der Waals surface area contributed by atoms with E-state index >= 15 is 0 Å². The van der Waals surface area contributed by atoms with Crippen LogP contribution in [-0.2, 0) is 0 Å². The van der Waals surface area contributed by atoms with Gasteiger partial charge in [0.25, 0.3) is 5.91 Å². The Morgan fingerprint density at radius 2 is 1.83 bits per heavy atom. The molecule has 0 bridgehead atoms. The second kappa shape index (κ2) is 5.90. The summed E-state index contributed by atoms with van der Waals surface area (Å²) in [4.78, 5) is 14.4. The molecule has 0 aliphatic carbocycles. The third-order valence-electron chi connectivity index (χ3n) is 3.65. The van der Waals surface area contributed by atoms with Crippen molar-refractivity contribution in [2.24, 2.45) is 0 Å². The summed E-state index contributed by atoms with van der Waals surface area (Å²) < 4.78 is 0. The van der Waals surface area contributed by atoms with E-state index < -0.39 is 0 Å². The maximum atomic E-state index is 12.1. The Balaban J connectivity index is 1.63. The number of hydrogen-bond donors (Lipinski definition) is 1. The molecule has 1 amide bonds. The lowest BCUT2D eigenvalue weighted by Gasteiger charge is -2.02. The highest BCUT2D eigenvalue weighted by molar-refractivity contribution is 7.12. The molecule has 0 saturated heterocycles. The lowest BCUT2D eigenvalue weighted by Crippen LogP contribution is -2.09. The lowest BCUT2D eigenvalue weighted by atomic mass is 10.2. The topological polar surface area (TPSA) is 59.8 Å². The zero-order valence-corrected chi connectivity index (χ0v) is 13.7. The van der Waals surface area contributed by atoms with Gasteiger partial charge in [-0.15, -0.1) is 21.5 Å². The predicted molar refractivity (Wildman–Crippen MR) is 95.9 cm³/mol. The summed E-state index contributed by atoms with van der Waals surface area (Å²) in [6.45, 7) is 2.04. The molecule has 0 spiro atoms. The van der Waals surface area contributed by atoms with E-state index in [1.54, 1.807) is 10.9 Å². The van der Waals surface area contributed by atoms with Crippen molar-refractivity contribution in [1.82, 2.24) is 15.0 Å². The third kappa shape index (κ3) is 2.79. The number of hydrogen-bond acceptors (Lipinski definition) is 4. The van der Waals surface area contributed by atoms with Gasteiger partial charge in [-0.3, -0.25) is 4.79 Å². The number of benzene rings is 2. The molecular weight excluding hydrogens is 320 g/mol. The Kier molecular flexibility index (Phi) is 3.59. The van der Waals surface area contributed by atoms with Crippen LogP contribution in [0.3, 0.4) is 0 Å². The number of amides is 1. The van der Waals surface area contributed by atoms with Crippen LogP contribution in [-0.4, -0.2) is 20.9 Å². The van der Waals surface area contributed by atoms with Crippen LogP contribution in [0.4, 0.5) is 5.69 Å². The van der Waals surface area contributed by atoms with Gasteiger partial charge in [-0.2, -0.15) is 4.80 Å². The number of aromatic nitrogens is 3. The summed E-state index contributed by atoms with van der Waals surface area (Å²) in [5, 5.41) is 13.7. The zero-order valence-electron chi connectivity index (χ0n) is 12.9. The van der Waals surface area contributed by atoms with E-state index in [4.69, 9.17) is 0 Å². The summed E-state index contributed by atoms with van der Waals surface area (Å²) in [6.07, 6.45) is 0. The highest BCUT2D eigenvalue weighted by Gasteiger charge is 2.09. The summed E-state index contributed by atoms with van der Waals surface area (Å²) in [7, 11) is 0. The van der Waals surface area contributed by atoms with E-state index in [-0.39, 0.29) is 5.91 Å². The van der Waals surface area contributed by atoms with Gasteiger partial charge in [-0.1, -0.05) is 23.8 Å². The molecule has 0 fully saturated rings. The SMILES string of the molecule is Cc1ccc(-n2nc3ccc(NC(=O)c4cccs4)cc3n2)cc1. The Morgan fingerprint density at radius 3 is 2.58 bits per heavy atom. The van der Waals surface area contributed by atoms with Crippen LogP contribution in [0.15, 0.2) is 60.0 Å². The maximum Gasteiger partial charge on any atom is 0.265 e. The molecular formula is C18H14N4OS. The molecule has 0 radical (unpaired) electrons. The molecule has 0 aliphatic heterocycles. The van der Waals surface area contributed by atoms with Crippen molar-refractivity contribution >= 4 is 34.0 Å². The summed E-state index contributed by atoms with van der Waals surface area (Å²) in [5.74, 6) is -0.115.